The maximum atomic E-state index is 10.7. The van der Waals surface area contributed by atoms with Gasteiger partial charge in [0.05, 0.1) is 0 Å². The zero-order valence-electron chi connectivity index (χ0n) is 8.69. The van der Waals surface area contributed by atoms with Gasteiger partial charge in [-0.05, 0) is 31.7 Å². The van der Waals surface area contributed by atoms with Crippen LogP contribution in [0.2, 0.25) is 0 Å². The number of hydrogen-bond donors (Lipinski definition) is 3. The van der Waals surface area contributed by atoms with Crippen molar-refractivity contribution < 1.29 is 8.42 Å². The number of nitrogens with two attached hydrogens (primary N) is 1. The fourth-order valence-electron chi connectivity index (χ4n) is 1.17. The molecule has 1 unspecified atom stereocenters. The van der Waals surface area contributed by atoms with Crippen molar-refractivity contribution in [1.29, 1.82) is 0 Å². The summed E-state index contributed by atoms with van der Waals surface area (Å²) in [6, 6.07) is 7.26. The molecule has 0 aliphatic heterocycles. The van der Waals surface area contributed by atoms with Gasteiger partial charge in [-0.3, -0.25) is 4.72 Å². The predicted molar refractivity (Wildman–Crippen MR) is 60.6 cm³/mol. The van der Waals surface area contributed by atoms with E-state index in [1.165, 1.54) is 0 Å². The summed E-state index contributed by atoms with van der Waals surface area (Å²) in [7, 11) is -1.82. The van der Waals surface area contributed by atoms with Crippen molar-refractivity contribution in [2.75, 3.05) is 11.8 Å². The molecule has 0 amide bonds. The molecule has 0 saturated carbocycles. The molecule has 6 heteroatoms. The van der Waals surface area contributed by atoms with Gasteiger partial charge in [0.2, 0.25) is 0 Å². The maximum Gasteiger partial charge on any atom is 0.296 e. The van der Waals surface area contributed by atoms with E-state index in [4.69, 9.17) is 5.14 Å². The number of hydrogen-bond acceptors (Lipinski definition) is 3. The van der Waals surface area contributed by atoms with Crippen LogP contribution in [0.15, 0.2) is 24.3 Å². The Balaban J connectivity index is 2.81. The number of rotatable bonds is 4. The lowest BCUT2D eigenvalue weighted by Crippen LogP contribution is -2.21. The normalized spacial score (nSPS) is 13.5. The van der Waals surface area contributed by atoms with Crippen molar-refractivity contribution in [3.05, 3.63) is 29.8 Å². The van der Waals surface area contributed by atoms with Gasteiger partial charge in [-0.25, -0.2) is 5.14 Å². The second-order valence-electron chi connectivity index (χ2n) is 3.28. The smallest absolute Gasteiger partial charge is 0.296 e. The highest BCUT2D eigenvalue weighted by atomic mass is 32.2. The SMILES string of the molecule is CNC(C)c1ccc(NS(N)(=O)=O)cc1. The van der Waals surface area contributed by atoms with E-state index in [1.54, 1.807) is 12.1 Å². The molecule has 0 fully saturated rings. The van der Waals surface area contributed by atoms with Gasteiger partial charge in [0.15, 0.2) is 0 Å². The summed E-state index contributed by atoms with van der Waals surface area (Å²) < 4.78 is 23.7. The summed E-state index contributed by atoms with van der Waals surface area (Å²) in [5.41, 5.74) is 1.54. The zero-order valence-corrected chi connectivity index (χ0v) is 9.51. The Morgan fingerprint density at radius 3 is 2.20 bits per heavy atom. The molecule has 5 nitrogen and oxygen atoms in total. The molecule has 0 aliphatic carbocycles. The minimum atomic E-state index is -3.68. The molecule has 4 N–H and O–H groups in total. The molecule has 1 aromatic carbocycles. The summed E-state index contributed by atoms with van der Waals surface area (Å²) >= 11 is 0. The first-order chi connectivity index (χ1) is 6.92. The predicted octanol–water partition coefficient (Wildman–Crippen LogP) is 0.582. The Kier molecular flexibility index (Phi) is 3.67. The summed E-state index contributed by atoms with van der Waals surface area (Å²) in [4.78, 5) is 0. The van der Waals surface area contributed by atoms with Gasteiger partial charge >= 0.3 is 0 Å². The van der Waals surface area contributed by atoms with E-state index in [2.05, 4.69) is 10.0 Å². The largest absolute Gasteiger partial charge is 0.313 e. The minimum absolute atomic E-state index is 0.230. The fraction of sp³-hybridized carbons (Fsp3) is 0.333. The van der Waals surface area contributed by atoms with Crippen LogP contribution in [0.4, 0.5) is 5.69 Å². The molecule has 0 bridgehead atoms. The van der Waals surface area contributed by atoms with E-state index in [0.29, 0.717) is 5.69 Å². The fourth-order valence-corrected chi connectivity index (χ4v) is 1.64. The summed E-state index contributed by atoms with van der Waals surface area (Å²) in [5.74, 6) is 0. The Hall–Kier alpha value is -1.11. The molecule has 0 spiro atoms. The van der Waals surface area contributed by atoms with Crippen LogP contribution in [-0.2, 0) is 10.2 Å². The van der Waals surface area contributed by atoms with Crippen LogP contribution in [0.3, 0.4) is 0 Å². The van der Waals surface area contributed by atoms with E-state index in [1.807, 2.05) is 26.1 Å². The van der Waals surface area contributed by atoms with Gasteiger partial charge in [0.1, 0.15) is 0 Å². The van der Waals surface area contributed by atoms with E-state index < -0.39 is 10.2 Å². The molecule has 15 heavy (non-hydrogen) atoms. The quantitative estimate of drug-likeness (QED) is 0.706. The Labute approximate surface area is 89.9 Å². The summed E-state index contributed by atoms with van der Waals surface area (Å²) in [6.45, 7) is 2.02. The molecule has 1 rings (SSSR count). The molecule has 0 aromatic heterocycles. The lowest BCUT2D eigenvalue weighted by Gasteiger charge is -2.11. The topological polar surface area (TPSA) is 84.2 Å². The van der Waals surface area contributed by atoms with Crippen LogP contribution in [-0.4, -0.2) is 15.5 Å². The summed E-state index contributed by atoms with van der Waals surface area (Å²) in [5, 5.41) is 7.93. The second-order valence-corrected chi connectivity index (χ2v) is 4.57. The van der Waals surface area contributed by atoms with Crippen LogP contribution in [0.5, 0.6) is 0 Å². The van der Waals surface area contributed by atoms with Crippen LogP contribution >= 0.6 is 0 Å². The molecule has 0 aliphatic rings. The first kappa shape index (κ1) is 12.0. The second kappa shape index (κ2) is 4.61. The van der Waals surface area contributed by atoms with E-state index in [-0.39, 0.29) is 6.04 Å². The third kappa shape index (κ3) is 3.86. The highest BCUT2D eigenvalue weighted by Gasteiger charge is 2.04. The molecule has 1 aromatic rings. The Bertz CT molecular complexity index is 413. The monoisotopic (exact) mass is 229 g/mol. The minimum Gasteiger partial charge on any atom is -0.313 e. The van der Waals surface area contributed by atoms with Gasteiger partial charge < -0.3 is 5.32 Å². The third-order valence-corrected chi connectivity index (χ3v) is 2.62. The van der Waals surface area contributed by atoms with Crippen molar-refractivity contribution in [3.63, 3.8) is 0 Å². The Morgan fingerprint density at radius 1 is 1.27 bits per heavy atom. The highest BCUT2D eigenvalue weighted by molar-refractivity contribution is 7.90. The van der Waals surface area contributed by atoms with Crippen molar-refractivity contribution in [3.8, 4) is 0 Å². The maximum absolute atomic E-state index is 10.7. The van der Waals surface area contributed by atoms with Crippen LogP contribution in [0.1, 0.15) is 18.5 Å². The van der Waals surface area contributed by atoms with Gasteiger partial charge in [-0.1, -0.05) is 12.1 Å². The first-order valence-corrected chi connectivity index (χ1v) is 6.05. The standard InChI is InChI=1S/C9H15N3O2S/c1-7(11-2)8-3-5-9(6-4-8)12-15(10,13)14/h3-7,11-12H,1-2H3,(H2,10,13,14). The average molecular weight is 229 g/mol. The number of anilines is 1. The van der Waals surface area contributed by atoms with E-state index >= 15 is 0 Å². The summed E-state index contributed by atoms with van der Waals surface area (Å²) in [6.07, 6.45) is 0. The molecule has 0 radical (unpaired) electrons. The van der Waals surface area contributed by atoms with Crippen molar-refractivity contribution in [1.82, 2.24) is 5.32 Å². The average Bonchev–Trinajstić information content (AvgIpc) is 2.15. The van der Waals surface area contributed by atoms with Crippen molar-refractivity contribution >= 4 is 15.9 Å². The molecule has 84 valence electrons. The van der Waals surface area contributed by atoms with Crippen LogP contribution in [0, 0.1) is 0 Å². The first-order valence-electron chi connectivity index (χ1n) is 4.50. The van der Waals surface area contributed by atoms with Crippen LogP contribution in [0.25, 0.3) is 0 Å². The lowest BCUT2D eigenvalue weighted by molar-refractivity contribution is 0.603. The molecular formula is C9H15N3O2S. The van der Waals surface area contributed by atoms with Crippen LogP contribution < -0.4 is 15.2 Å². The van der Waals surface area contributed by atoms with Crippen molar-refractivity contribution in [2.45, 2.75) is 13.0 Å². The molecular weight excluding hydrogens is 214 g/mol. The van der Waals surface area contributed by atoms with Gasteiger partial charge in [-0.15, -0.1) is 0 Å². The molecule has 1 atom stereocenters. The number of benzene rings is 1. The number of nitrogens with one attached hydrogen (secondary N) is 2. The van der Waals surface area contributed by atoms with E-state index in [9.17, 15) is 8.42 Å². The molecule has 0 saturated heterocycles. The zero-order chi connectivity index (χ0) is 11.5. The van der Waals surface area contributed by atoms with Gasteiger partial charge in [-0.2, -0.15) is 8.42 Å². The van der Waals surface area contributed by atoms with E-state index in [0.717, 1.165) is 5.56 Å². The third-order valence-electron chi connectivity index (χ3n) is 2.10. The molecule has 0 heterocycles. The lowest BCUT2D eigenvalue weighted by atomic mass is 10.1. The van der Waals surface area contributed by atoms with Gasteiger partial charge in [0, 0.05) is 11.7 Å². The van der Waals surface area contributed by atoms with Crippen molar-refractivity contribution in [2.24, 2.45) is 5.14 Å². The van der Waals surface area contributed by atoms with Gasteiger partial charge in [0.25, 0.3) is 10.2 Å². The highest BCUT2D eigenvalue weighted by Crippen LogP contribution is 2.15. The Morgan fingerprint density at radius 2 is 1.80 bits per heavy atom.